The largest absolute Gasteiger partial charge is 0.465 e. The lowest BCUT2D eigenvalue weighted by molar-refractivity contribution is -0.113. The Morgan fingerprint density at radius 2 is 1.97 bits per heavy atom. The van der Waals surface area contributed by atoms with Gasteiger partial charge >= 0.3 is 5.97 Å². The molecule has 0 bridgehead atoms. The highest BCUT2D eigenvalue weighted by Gasteiger charge is 2.27. The number of nitrogens with one attached hydrogen (secondary N) is 1. The van der Waals surface area contributed by atoms with Crippen molar-refractivity contribution in [2.45, 2.75) is 31.8 Å². The number of hydrogen-bond donors (Lipinski definition) is 1. The van der Waals surface area contributed by atoms with Crippen molar-refractivity contribution in [1.82, 2.24) is 19.7 Å². The van der Waals surface area contributed by atoms with Gasteiger partial charge in [0.2, 0.25) is 5.91 Å². The number of ether oxygens (including phenoxy) is 1. The number of esters is 1. The van der Waals surface area contributed by atoms with Crippen LogP contribution >= 0.6 is 34.4 Å². The molecule has 0 aromatic carbocycles. The SMILES string of the molecule is COC(=O)c1c(NC(=O)CSc2nnc(-c3csc(C(C)C)c3)n2C)sc(C(=O)N(C)C)c1C. The average Bonchev–Trinajstić information content (AvgIpc) is 3.49. The summed E-state index contributed by atoms with van der Waals surface area (Å²) in [7, 11) is 6.38. The average molecular weight is 522 g/mol. The second kappa shape index (κ2) is 10.7. The predicted octanol–water partition coefficient (Wildman–Crippen LogP) is 4.26. The first-order valence-corrected chi connectivity index (χ1v) is 13.1. The summed E-state index contributed by atoms with van der Waals surface area (Å²) in [5.41, 5.74) is 1.67. The van der Waals surface area contributed by atoms with Crippen LogP contribution < -0.4 is 5.32 Å². The van der Waals surface area contributed by atoms with E-state index in [2.05, 4.69) is 40.8 Å². The van der Waals surface area contributed by atoms with Crippen LogP contribution in [-0.2, 0) is 16.6 Å². The fraction of sp³-hybridized carbons (Fsp3) is 0.409. The van der Waals surface area contributed by atoms with E-state index < -0.39 is 5.97 Å². The Labute approximate surface area is 210 Å². The third kappa shape index (κ3) is 5.34. The molecule has 0 fully saturated rings. The lowest BCUT2D eigenvalue weighted by Crippen LogP contribution is -2.21. The zero-order valence-corrected chi connectivity index (χ0v) is 22.5. The van der Waals surface area contributed by atoms with Gasteiger partial charge in [-0.2, -0.15) is 0 Å². The van der Waals surface area contributed by atoms with Crippen molar-refractivity contribution in [1.29, 1.82) is 0 Å². The smallest absolute Gasteiger partial charge is 0.341 e. The van der Waals surface area contributed by atoms with Crippen LogP contribution in [0.15, 0.2) is 16.6 Å². The first-order valence-electron chi connectivity index (χ1n) is 10.4. The maximum Gasteiger partial charge on any atom is 0.341 e. The minimum atomic E-state index is -0.607. The zero-order valence-electron chi connectivity index (χ0n) is 20.1. The quantitative estimate of drug-likeness (QED) is 0.349. The van der Waals surface area contributed by atoms with Crippen molar-refractivity contribution in [2.24, 2.45) is 7.05 Å². The van der Waals surface area contributed by atoms with Gasteiger partial charge in [-0.3, -0.25) is 9.59 Å². The van der Waals surface area contributed by atoms with E-state index in [0.717, 1.165) is 22.7 Å². The summed E-state index contributed by atoms with van der Waals surface area (Å²) in [4.78, 5) is 40.6. The number of hydrogen-bond acceptors (Lipinski definition) is 9. The van der Waals surface area contributed by atoms with E-state index in [1.165, 1.54) is 28.6 Å². The number of anilines is 1. The van der Waals surface area contributed by atoms with Gasteiger partial charge in [-0.05, 0) is 24.5 Å². The van der Waals surface area contributed by atoms with Crippen molar-refractivity contribution in [2.75, 3.05) is 32.3 Å². The number of aromatic nitrogens is 3. The highest BCUT2D eigenvalue weighted by Crippen LogP contribution is 2.35. The van der Waals surface area contributed by atoms with Gasteiger partial charge in [-0.25, -0.2) is 4.79 Å². The highest BCUT2D eigenvalue weighted by molar-refractivity contribution is 7.99. The van der Waals surface area contributed by atoms with Crippen molar-refractivity contribution < 1.29 is 19.1 Å². The van der Waals surface area contributed by atoms with Crippen molar-refractivity contribution in [3.8, 4) is 11.4 Å². The van der Waals surface area contributed by atoms with Crippen molar-refractivity contribution in [3.63, 3.8) is 0 Å². The van der Waals surface area contributed by atoms with E-state index in [4.69, 9.17) is 4.74 Å². The third-order valence-electron chi connectivity index (χ3n) is 5.00. The molecule has 3 aromatic heterocycles. The monoisotopic (exact) mass is 521 g/mol. The van der Waals surface area contributed by atoms with Crippen molar-refractivity contribution >= 4 is 57.2 Å². The Balaban J connectivity index is 1.74. The first kappa shape index (κ1) is 25.9. The molecule has 3 rings (SSSR count). The van der Waals surface area contributed by atoms with Crippen LogP contribution in [0, 0.1) is 6.92 Å². The molecular weight excluding hydrogens is 494 g/mol. The van der Waals surface area contributed by atoms with Gasteiger partial charge in [-0.1, -0.05) is 25.6 Å². The molecule has 2 amide bonds. The summed E-state index contributed by atoms with van der Waals surface area (Å²) in [6.07, 6.45) is 0. The Hall–Kier alpha value is -2.70. The zero-order chi connectivity index (χ0) is 25.2. The molecule has 182 valence electrons. The van der Waals surface area contributed by atoms with Crippen LogP contribution in [0.1, 0.15) is 50.2 Å². The molecule has 12 heteroatoms. The lowest BCUT2D eigenvalue weighted by Gasteiger charge is -2.08. The first-order chi connectivity index (χ1) is 16.0. The molecule has 0 aliphatic carbocycles. The van der Waals surface area contributed by atoms with Crippen LogP contribution in [0.5, 0.6) is 0 Å². The molecule has 0 aliphatic rings. The lowest BCUT2D eigenvalue weighted by atomic mass is 10.1. The molecule has 0 radical (unpaired) electrons. The number of carbonyl (C=O) groups excluding carboxylic acids is 3. The van der Waals surface area contributed by atoms with Gasteiger partial charge in [-0.15, -0.1) is 32.9 Å². The van der Waals surface area contributed by atoms with Crippen LogP contribution in [-0.4, -0.2) is 64.4 Å². The standard InChI is InChI=1S/C22H27N5O4S3/c1-11(2)14-8-13(9-32-14)18-24-25-22(27(18)6)33-10-15(28)23-19-16(21(30)31-7)12(3)17(34-19)20(29)26(4)5/h8-9,11H,10H2,1-7H3,(H,23,28). The third-order valence-corrected chi connectivity index (χ3v) is 8.45. The molecular formula is C22H27N5O4S3. The number of thiophene rings is 2. The van der Waals surface area contributed by atoms with E-state index in [-0.39, 0.29) is 23.1 Å². The topological polar surface area (TPSA) is 106 Å². The molecule has 0 saturated heterocycles. The fourth-order valence-electron chi connectivity index (χ4n) is 3.11. The minimum Gasteiger partial charge on any atom is -0.465 e. The van der Waals surface area contributed by atoms with Gasteiger partial charge in [0.25, 0.3) is 5.91 Å². The van der Waals surface area contributed by atoms with Gasteiger partial charge in [0.1, 0.15) is 5.00 Å². The van der Waals surface area contributed by atoms with Crippen LogP contribution in [0.3, 0.4) is 0 Å². The molecule has 0 aliphatic heterocycles. The Kier molecular flexibility index (Phi) is 8.16. The van der Waals surface area contributed by atoms with E-state index >= 15 is 0 Å². The van der Waals surface area contributed by atoms with Gasteiger partial charge in [0, 0.05) is 37.0 Å². The van der Waals surface area contributed by atoms with E-state index in [1.54, 1.807) is 32.4 Å². The maximum atomic E-state index is 12.7. The molecule has 0 unspecified atom stereocenters. The summed E-state index contributed by atoms with van der Waals surface area (Å²) in [5.74, 6) is 0.0460. The molecule has 1 N–H and O–H groups in total. The highest BCUT2D eigenvalue weighted by atomic mass is 32.2. The van der Waals surface area contributed by atoms with E-state index in [0.29, 0.717) is 26.5 Å². The number of carbonyl (C=O) groups is 3. The molecule has 3 heterocycles. The van der Waals surface area contributed by atoms with Gasteiger partial charge < -0.3 is 19.5 Å². The Morgan fingerprint density at radius 1 is 1.26 bits per heavy atom. The van der Waals surface area contributed by atoms with E-state index in [9.17, 15) is 14.4 Å². The van der Waals surface area contributed by atoms with Gasteiger partial charge in [0.05, 0.1) is 23.3 Å². The second-order valence-electron chi connectivity index (χ2n) is 8.05. The predicted molar refractivity (Wildman–Crippen MR) is 136 cm³/mol. The molecule has 0 atom stereocenters. The number of methoxy groups -OCH3 is 1. The number of thioether (sulfide) groups is 1. The molecule has 9 nitrogen and oxygen atoms in total. The summed E-state index contributed by atoms with van der Waals surface area (Å²) in [6.45, 7) is 5.96. The van der Waals surface area contributed by atoms with Crippen LogP contribution in [0.4, 0.5) is 5.00 Å². The summed E-state index contributed by atoms with van der Waals surface area (Å²) >= 11 is 3.99. The molecule has 3 aromatic rings. The normalized spacial score (nSPS) is 11.1. The molecule has 0 saturated carbocycles. The summed E-state index contributed by atoms with van der Waals surface area (Å²) < 4.78 is 6.72. The maximum absolute atomic E-state index is 12.7. The number of rotatable bonds is 8. The Morgan fingerprint density at radius 3 is 2.56 bits per heavy atom. The van der Waals surface area contributed by atoms with E-state index in [1.807, 2.05) is 11.6 Å². The number of nitrogens with zero attached hydrogens (tertiary/aromatic N) is 4. The molecule has 34 heavy (non-hydrogen) atoms. The summed E-state index contributed by atoms with van der Waals surface area (Å²) in [6, 6.07) is 2.11. The van der Waals surface area contributed by atoms with Crippen molar-refractivity contribution in [3.05, 3.63) is 32.3 Å². The minimum absolute atomic E-state index is 0.0569. The van der Waals surface area contributed by atoms with Crippen LogP contribution in [0.25, 0.3) is 11.4 Å². The number of amides is 2. The fourth-order valence-corrected chi connectivity index (χ4v) is 5.96. The Bertz CT molecular complexity index is 1230. The molecule has 0 spiro atoms. The second-order valence-corrected chi connectivity index (χ2v) is 11.0. The van der Waals surface area contributed by atoms with Gasteiger partial charge in [0.15, 0.2) is 11.0 Å². The van der Waals surface area contributed by atoms with Crippen LogP contribution in [0.2, 0.25) is 0 Å². The summed E-state index contributed by atoms with van der Waals surface area (Å²) in [5, 5.41) is 14.2.